The molecule has 0 amide bonds. The zero-order chi connectivity index (χ0) is 9.97. The van der Waals surface area contributed by atoms with E-state index in [1.807, 2.05) is 31.2 Å². The van der Waals surface area contributed by atoms with Crippen molar-refractivity contribution in [1.29, 1.82) is 0 Å². The van der Waals surface area contributed by atoms with Crippen molar-refractivity contribution in [3.63, 3.8) is 0 Å². The Labute approximate surface area is 82.6 Å². The third-order valence-corrected chi connectivity index (χ3v) is 2.10. The van der Waals surface area contributed by atoms with Gasteiger partial charge in [0.2, 0.25) is 0 Å². The van der Waals surface area contributed by atoms with Crippen molar-refractivity contribution in [2.24, 2.45) is 0 Å². The Kier molecular flexibility index (Phi) is 2.39. The molecule has 1 aromatic rings. The maximum absolute atomic E-state index is 11.2. The minimum atomic E-state index is -0.481. The van der Waals surface area contributed by atoms with Crippen LogP contribution in [0.5, 0.6) is 5.75 Å². The fourth-order valence-electron chi connectivity index (χ4n) is 1.37. The van der Waals surface area contributed by atoms with Gasteiger partial charge >= 0.3 is 5.97 Å². The third-order valence-electron chi connectivity index (χ3n) is 2.10. The third kappa shape index (κ3) is 1.58. The summed E-state index contributed by atoms with van der Waals surface area (Å²) in [5.41, 5.74) is 0.956. The average Bonchev–Trinajstić information content (AvgIpc) is 2.15. The molecule has 74 valence electrons. The lowest BCUT2D eigenvalue weighted by atomic mass is 10.1. The summed E-state index contributed by atoms with van der Waals surface area (Å²) >= 11 is 0. The van der Waals surface area contributed by atoms with Gasteiger partial charge in [0.25, 0.3) is 6.29 Å². The lowest BCUT2D eigenvalue weighted by Gasteiger charge is -2.29. The minimum absolute atomic E-state index is 0.202. The zero-order valence-electron chi connectivity index (χ0n) is 8.03. The molecule has 0 fully saturated rings. The van der Waals surface area contributed by atoms with E-state index >= 15 is 0 Å². The highest BCUT2D eigenvalue weighted by atomic mass is 16.7. The van der Waals surface area contributed by atoms with Gasteiger partial charge in [0, 0.05) is 6.42 Å². The Bertz CT molecular complexity index is 346. The summed E-state index contributed by atoms with van der Waals surface area (Å²) in [7, 11) is 0. The minimum Gasteiger partial charge on any atom is -0.450 e. The van der Waals surface area contributed by atoms with Crippen LogP contribution < -0.4 is 4.74 Å². The van der Waals surface area contributed by atoms with E-state index < -0.39 is 6.29 Å². The topological polar surface area (TPSA) is 35.5 Å². The summed E-state index contributed by atoms with van der Waals surface area (Å²) in [5, 5.41) is 0. The van der Waals surface area contributed by atoms with Crippen LogP contribution >= 0.6 is 0 Å². The molecule has 0 radical (unpaired) electrons. The van der Waals surface area contributed by atoms with Crippen molar-refractivity contribution in [3.05, 3.63) is 29.8 Å². The number of ether oxygens (including phenoxy) is 2. The molecule has 1 aliphatic heterocycles. The van der Waals surface area contributed by atoms with E-state index in [4.69, 9.17) is 9.47 Å². The van der Waals surface area contributed by atoms with E-state index in [-0.39, 0.29) is 5.97 Å². The highest BCUT2D eigenvalue weighted by Crippen LogP contribution is 2.39. The molecular weight excluding hydrogens is 180 g/mol. The maximum Gasteiger partial charge on any atom is 0.309 e. The SMILES string of the molecule is CCCC(=O)OC1Oc2ccccc21. The fraction of sp³-hybridized carbons (Fsp3) is 0.364. The summed E-state index contributed by atoms with van der Waals surface area (Å²) < 4.78 is 10.4. The second-order valence-corrected chi connectivity index (χ2v) is 3.23. The molecule has 14 heavy (non-hydrogen) atoms. The van der Waals surface area contributed by atoms with E-state index in [0.29, 0.717) is 6.42 Å². The molecule has 3 nitrogen and oxygen atoms in total. The summed E-state index contributed by atoms with van der Waals surface area (Å²) in [6.07, 6.45) is 0.764. The van der Waals surface area contributed by atoms with Crippen molar-refractivity contribution in [3.8, 4) is 5.75 Å². The number of para-hydroxylation sites is 1. The van der Waals surface area contributed by atoms with E-state index in [1.54, 1.807) is 0 Å². The first-order chi connectivity index (χ1) is 6.81. The number of rotatable bonds is 3. The monoisotopic (exact) mass is 192 g/mol. The molecule has 2 rings (SSSR count). The highest BCUT2D eigenvalue weighted by Gasteiger charge is 2.30. The molecule has 0 saturated heterocycles. The predicted octanol–water partition coefficient (Wildman–Crippen LogP) is 2.42. The molecule has 1 unspecified atom stereocenters. The van der Waals surface area contributed by atoms with Gasteiger partial charge in [-0.25, -0.2) is 0 Å². The fourth-order valence-corrected chi connectivity index (χ4v) is 1.37. The van der Waals surface area contributed by atoms with Crippen LogP contribution in [0.25, 0.3) is 0 Å². The number of fused-ring (bicyclic) bond motifs is 1. The van der Waals surface area contributed by atoms with E-state index in [9.17, 15) is 4.79 Å². The average molecular weight is 192 g/mol. The van der Waals surface area contributed by atoms with Gasteiger partial charge in [-0.15, -0.1) is 0 Å². The second kappa shape index (κ2) is 3.70. The lowest BCUT2D eigenvalue weighted by Crippen LogP contribution is -2.24. The summed E-state index contributed by atoms with van der Waals surface area (Å²) in [6.45, 7) is 1.94. The van der Waals surface area contributed by atoms with Gasteiger partial charge in [-0.3, -0.25) is 4.79 Å². The van der Waals surface area contributed by atoms with Crippen LogP contribution in [0.2, 0.25) is 0 Å². The normalized spacial score (nSPS) is 17.6. The van der Waals surface area contributed by atoms with Crippen molar-refractivity contribution < 1.29 is 14.3 Å². The summed E-state index contributed by atoms with van der Waals surface area (Å²) in [6, 6.07) is 7.56. The summed E-state index contributed by atoms with van der Waals surface area (Å²) in [5.74, 6) is 0.605. The van der Waals surface area contributed by atoms with Crippen molar-refractivity contribution in [2.75, 3.05) is 0 Å². The number of hydrogen-bond donors (Lipinski definition) is 0. The Morgan fingerprint density at radius 1 is 1.50 bits per heavy atom. The standard InChI is InChI=1S/C11H12O3/c1-2-5-10(12)14-11-8-6-3-4-7-9(8)13-11/h3-4,6-7,11H,2,5H2,1H3. The first-order valence-corrected chi connectivity index (χ1v) is 4.76. The van der Waals surface area contributed by atoms with Crippen LogP contribution in [0, 0.1) is 0 Å². The molecule has 1 aromatic carbocycles. The van der Waals surface area contributed by atoms with Crippen molar-refractivity contribution in [2.45, 2.75) is 26.1 Å². The molecular formula is C11H12O3. The Balaban J connectivity index is 1.96. The van der Waals surface area contributed by atoms with Gasteiger partial charge < -0.3 is 9.47 Å². The maximum atomic E-state index is 11.2. The van der Waals surface area contributed by atoms with E-state index in [1.165, 1.54) is 0 Å². The van der Waals surface area contributed by atoms with Crippen molar-refractivity contribution >= 4 is 5.97 Å². The van der Waals surface area contributed by atoms with Crippen LogP contribution in [0.4, 0.5) is 0 Å². The second-order valence-electron chi connectivity index (χ2n) is 3.23. The molecule has 0 spiro atoms. The van der Waals surface area contributed by atoms with Gasteiger partial charge in [0.05, 0.1) is 5.56 Å². The van der Waals surface area contributed by atoms with Gasteiger partial charge in [-0.1, -0.05) is 19.1 Å². The molecule has 1 atom stereocenters. The molecule has 0 N–H and O–H groups in total. The van der Waals surface area contributed by atoms with Gasteiger partial charge in [-0.05, 0) is 18.6 Å². The molecule has 0 saturated carbocycles. The number of carbonyl (C=O) groups is 1. The molecule has 0 bridgehead atoms. The molecule has 0 aromatic heterocycles. The van der Waals surface area contributed by atoms with E-state index in [2.05, 4.69) is 0 Å². The Hall–Kier alpha value is -1.51. The molecule has 1 heterocycles. The largest absolute Gasteiger partial charge is 0.450 e. The summed E-state index contributed by atoms with van der Waals surface area (Å²) in [4.78, 5) is 11.2. The van der Waals surface area contributed by atoms with Crippen LogP contribution in [0.3, 0.4) is 0 Å². The molecule has 3 heteroatoms. The van der Waals surface area contributed by atoms with Gasteiger partial charge in [-0.2, -0.15) is 0 Å². The number of carbonyl (C=O) groups excluding carboxylic acids is 1. The first kappa shape index (κ1) is 9.06. The highest BCUT2D eigenvalue weighted by molar-refractivity contribution is 5.69. The van der Waals surface area contributed by atoms with Crippen LogP contribution in [0.1, 0.15) is 31.6 Å². The van der Waals surface area contributed by atoms with Crippen LogP contribution in [0.15, 0.2) is 24.3 Å². The molecule has 1 aliphatic rings. The van der Waals surface area contributed by atoms with Gasteiger partial charge in [0.15, 0.2) is 0 Å². The quantitative estimate of drug-likeness (QED) is 0.690. The van der Waals surface area contributed by atoms with Crippen LogP contribution in [-0.4, -0.2) is 5.97 Å². The first-order valence-electron chi connectivity index (χ1n) is 4.76. The number of hydrogen-bond acceptors (Lipinski definition) is 3. The predicted molar refractivity (Wildman–Crippen MR) is 50.8 cm³/mol. The van der Waals surface area contributed by atoms with Crippen LogP contribution in [-0.2, 0) is 9.53 Å². The molecule has 0 aliphatic carbocycles. The Morgan fingerprint density at radius 3 is 3.00 bits per heavy atom. The van der Waals surface area contributed by atoms with Crippen molar-refractivity contribution in [1.82, 2.24) is 0 Å². The smallest absolute Gasteiger partial charge is 0.309 e. The van der Waals surface area contributed by atoms with E-state index in [0.717, 1.165) is 17.7 Å². The number of esters is 1. The zero-order valence-corrected chi connectivity index (χ0v) is 8.03. The van der Waals surface area contributed by atoms with Gasteiger partial charge in [0.1, 0.15) is 5.75 Å². The Morgan fingerprint density at radius 2 is 2.29 bits per heavy atom. The lowest BCUT2D eigenvalue weighted by molar-refractivity contribution is -0.172. The number of benzene rings is 1.